The SMILES string of the molecule is CCC(C)(C)C1CCC([I+]C)CC1. The highest BCUT2D eigenvalue weighted by Crippen LogP contribution is 2.39. The highest BCUT2D eigenvalue weighted by atomic mass is 127. The van der Waals surface area contributed by atoms with Crippen LogP contribution in [0.2, 0.25) is 0 Å². The van der Waals surface area contributed by atoms with Crippen LogP contribution in [0.3, 0.4) is 0 Å². The van der Waals surface area contributed by atoms with Gasteiger partial charge in [0.15, 0.2) is 3.92 Å². The monoisotopic (exact) mass is 295 g/mol. The molecule has 1 heteroatoms. The van der Waals surface area contributed by atoms with Crippen molar-refractivity contribution in [3.63, 3.8) is 0 Å². The quantitative estimate of drug-likeness (QED) is 0.531. The van der Waals surface area contributed by atoms with E-state index >= 15 is 0 Å². The van der Waals surface area contributed by atoms with Crippen molar-refractivity contribution in [1.29, 1.82) is 0 Å². The van der Waals surface area contributed by atoms with E-state index in [2.05, 4.69) is 25.7 Å². The average Bonchev–Trinajstić information content (AvgIpc) is 2.18. The first-order valence-corrected chi connectivity index (χ1v) is 8.98. The van der Waals surface area contributed by atoms with Gasteiger partial charge in [-0.05, 0) is 37.0 Å². The second kappa shape index (κ2) is 4.99. The third-order valence-corrected chi connectivity index (χ3v) is 6.99. The van der Waals surface area contributed by atoms with Crippen molar-refractivity contribution < 1.29 is 21.2 Å². The summed E-state index contributed by atoms with van der Waals surface area (Å²) in [6.45, 7) is 7.26. The van der Waals surface area contributed by atoms with Gasteiger partial charge in [-0.25, -0.2) is 0 Å². The summed E-state index contributed by atoms with van der Waals surface area (Å²) in [4.78, 5) is 2.45. The third kappa shape index (κ3) is 3.10. The van der Waals surface area contributed by atoms with Gasteiger partial charge in [0.1, 0.15) is 4.93 Å². The molecular formula is C12H24I+. The van der Waals surface area contributed by atoms with Crippen LogP contribution in [0.1, 0.15) is 52.9 Å². The molecule has 0 unspecified atom stereocenters. The van der Waals surface area contributed by atoms with Gasteiger partial charge in [0.2, 0.25) is 0 Å². The molecule has 0 aromatic carbocycles. The van der Waals surface area contributed by atoms with E-state index in [9.17, 15) is 0 Å². The van der Waals surface area contributed by atoms with Crippen molar-refractivity contribution >= 4 is 0 Å². The number of rotatable bonds is 3. The summed E-state index contributed by atoms with van der Waals surface area (Å²) in [6, 6.07) is 0. The molecule has 0 N–H and O–H groups in total. The molecule has 1 fully saturated rings. The lowest BCUT2D eigenvalue weighted by Gasteiger charge is -2.36. The molecule has 0 aromatic heterocycles. The molecule has 1 rings (SSSR count). The number of hydrogen-bond donors (Lipinski definition) is 0. The molecule has 78 valence electrons. The van der Waals surface area contributed by atoms with E-state index in [0.29, 0.717) is 26.6 Å². The fourth-order valence-electron chi connectivity index (χ4n) is 2.34. The Morgan fingerprint density at radius 1 is 1.15 bits per heavy atom. The van der Waals surface area contributed by atoms with Crippen molar-refractivity contribution in [3.05, 3.63) is 0 Å². The highest BCUT2D eigenvalue weighted by Gasteiger charge is 2.34. The van der Waals surface area contributed by atoms with Crippen LogP contribution in [0.25, 0.3) is 0 Å². The Morgan fingerprint density at radius 2 is 1.69 bits per heavy atom. The summed E-state index contributed by atoms with van der Waals surface area (Å²) >= 11 is 0.526. The van der Waals surface area contributed by atoms with Crippen molar-refractivity contribution in [2.45, 2.75) is 56.8 Å². The van der Waals surface area contributed by atoms with Gasteiger partial charge in [-0.15, -0.1) is 0 Å². The lowest BCUT2D eigenvalue weighted by atomic mass is 9.70. The lowest BCUT2D eigenvalue weighted by molar-refractivity contribution is -0.666. The maximum Gasteiger partial charge on any atom is 0.268 e. The Labute approximate surface area is 94.1 Å². The first-order valence-electron chi connectivity index (χ1n) is 5.58. The molecular weight excluding hydrogens is 271 g/mol. The van der Waals surface area contributed by atoms with Crippen LogP contribution >= 0.6 is 0 Å². The molecule has 0 spiro atoms. The summed E-state index contributed by atoms with van der Waals surface area (Å²) in [5, 5.41) is 0. The summed E-state index contributed by atoms with van der Waals surface area (Å²) in [7, 11) is 0. The first-order chi connectivity index (χ1) is 6.10. The van der Waals surface area contributed by atoms with Gasteiger partial charge in [-0.3, -0.25) is 0 Å². The summed E-state index contributed by atoms with van der Waals surface area (Å²) in [5.41, 5.74) is 0.608. The van der Waals surface area contributed by atoms with Crippen LogP contribution in [0.4, 0.5) is 0 Å². The highest BCUT2D eigenvalue weighted by molar-refractivity contribution is 4.81. The molecule has 1 saturated carbocycles. The summed E-state index contributed by atoms with van der Waals surface area (Å²) in [6.07, 6.45) is 7.46. The molecule has 0 bridgehead atoms. The minimum absolute atomic E-state index is 0.526. The molecule has 0 atom stereocenters. The number of halogens is 1. The van der Waals surface area contributed by atoms with Crippen molar-refractivity contribution in [2.75, 3.05) is 4.93 Å². The average molecular weight is 295 g/mol. The van der Waals surface area contributed by atoms with E-state index in [4.69, 9.17) is 0 Å². The standard InChI is InChI=1S/C12H24I/c1-5-12(2,3)10-6-8-11(13-4)9-7-10/h10-11H,5-9H2,1-4H3/q+1. The predicted octanol–water partition coefficient (Wildman–Crippen LogP) is 0.700. The molecule has 0 saturated heterocycles. The fraction of sp³-hybridized carbons (Fsp3) is 1.00. The normalized spacial score (nSPS) is 30.5. The largest absolute Gasteiger partial charge is 0.268 e. The summed E-state index contributed by atoms with van der Waals surface area (Å²) in [5.74, 6) is 1.02. The van der Waals surface area contributed by atoms with Crippen LogP contribution in [0, 0.1) is 11.3 Å². The topological polar surface area (TPSA) is 0 Å². The number of alkyl halides is 2. The molecule has 1 aliphatic carbocycles. The maximum absolute atomic E-state index is 2.46. The van der Waals surface area contributed by atoms with Gasteiger partial charge >= 0.3 is 0 Å². The van der Waals surface area contributed by atoms with Gasteiger partial charge in [0.05, 0.1) is 0 Å². The van der Waals surface area contributed by atoms with E-state index in [0.717, 1.165) is 9.84 Å². The minimum atomic E-state index is 0.526. The van der Waals surface area contributed by atoms with E-state index in [-0.39, 0.29) is 0 Å². The predicted molar refractivity (Wildman–Crippen MR) is 55.7 cm³/mol. The van der Waals surface area contributed by atoms with E-state index in [1.165, 1.54) is 32.1 Å². The van der Waals surface area contributed by atoms with E-state index in [1.807, 2.05) is 0 Å². The van der Waals surface area contributed by atoms with Crippen LogP contribution in [0.15, 0.2) is 0 Å². The van der Waals surface area contributed by atoms with Crippen LogP contribution in [0.5, 0.6) is 0 Å². The first kappa shape index (κ1) is 11.8. The molecule has 0 radical (unpaired) electrons. The Balaban J connectivity index is 2.40. The van der Waals surface area contributed by atoms with Crippen LogP contribution in [-0.2, 0) is 0 Å². The molecule has 13 heavy (non-hydrogen) atoms. The molecule has 0 aromatic rings. The zero-order chi connectivity index (χ0) is 9.90. The van der Waals surface area contributed by atoms with Gasteiger partial charge in [-0.2, -0.15) is 0 Å². The molecule has 0 heterocycles. The Bertz CT molecular complexity index is 143. The van der Waals surface area contributed by atoms with Crippen molar-refractivity contribution in [1.82, 2.24) is 0 Å². The Hall–Kier alpha value is 0.730. The van der Waals surface area contributed by atoms with Crippen LogP contribution < -0.4 is 21.2 Å². The van der Waals surface area contributed by atoms with E-state index in [1.54, 1.807) is 0 Å². The van der Waals surface area contributed by atoms with E-state index < -0.39 is 0 Å². The van der Waals surface area contributed by atoms with Crippen molar-refractivity contribution in [3.8, 4) is 0 Å². The molecule has 0 nitrogen and oxygen atoms in total. The Kier molecular flexibility index (Phi) is 4.53. The van der Waals surface area contributed by atoms with Crippen molar-refractivity contribution in [2.24, 2.45) is 11.3 Å². The zero-order valence-corrected chi connectivity index (χ0v) is 11.7. The molecule has 1 aliphatic rings. The second-order valence-electron chi connectivity index (χ2n) is 5.01. The zero-order valence-electron chi connectivity index (χ0n) is 9.57. The van der Waals surface area contributed by atoms with Crippen LogP contribution in [-0.4, -0.2) is 8.86 Å². The van der Waals surface area contributed by atoms with Gasteiger partial charge in [0.25, 0.3) is 21.2 Å². The molecule has 0 amide bonds. The van der Waals surface area contributed by atoms with Gasteiger partial charge in [-0.1, -0.05) is 27.2 Å². The lowest BCUT2D eigenvalue weighted by Crippen LogP contribution is -3.64. The summed E-state index contributed by atoms with van der Waals surface area (Å²) < 4.78 is 1.16. The van der Waals surface area contributed by atoms with Gasteiger partial charge in [0, 0.05) is 0 Å². The number of hydrogen-bond acceptors (Lipinski definition) is 0. The maximum atomic E-state index is 2.46. The van der Waals surface area contributed by atoms with Gasteiger partial charge < -0.3 is 0 Å². The molecule has 0 aliphatic heterocycles. The third-order valence-electron chi connectivity index (χ3n) is 3.98. The minimum Gasteiger partial charge on any atom is -0.0649 e. The second-order valence-corrected chi connectivity index (χ2v) is 8.02. The smallest absolute Gasteiger partial charge is 0.0649 e. The fourth-order valence-corrected chi connectivity index (χ4v) is 4.31. The Morgan fingerprint density at radius 3 is 2.08 bits per heavy atom.